The summed E-state index contributed by atoms with van der Waals surface area (Å²) in [5.41, 5.74) is 0. The molecule has 108 valence electrons. The van der Waals surface area contributed by atoms with E-state index in [1.807, 2.05) is 0 Å². The lowest BCUT2D eigenvalue weighted by Gasteiger charge is -2.32. The van der Waals surface area contributed by atoms with Crippen molar-refractivity contribution >= 4 is 17.8 Å². The molecule has 1 saturated heterocycles. The first-order valence-corrected chi connectivity index (χ1v) is 6.30. The number of nitrogens with zero attached hydrogens (tertiary/aromatic N) is 1. The summed E-state index contributed by atoms with van der Waals surface area (Å²) in [6.45, 7) is 1.26. The zero-order chi connectivity index (χ0) is 14.3. The highest BCUT2D eigenvalue weighted by Gasteiger charge is 2.23. The molecule has 0 aromatic rings. The van der Waals surface area contributed by atoms with Gasteiger partial charge in [0.25, 0.3) is 0 Å². The third-order valence-corrected chi connectivity index (χ3v) is 3.05. The molecule has 1 aliphatic rings. The molecule has 0 bridgehead atoms. The van der Waals surface area contributed by atoms with Gasteiger partial charge in [-0.15, -0.1) is 0 Å². The Labute approximate surface area is 111 Å². The number of likely N-dealkylation sites (tertiary alicyclic amines) is 1. The lowest BCUT2D eigenvalue weighted by Crippen LogP contribution is -2.47. The molecule has 19 heavy (non-hydrogen) atoms. The van der Waals surface area contributed by atoms with Crippen LogP contribution in [0.4, 0.5) is 0 Å². The molecule has 7 nitrogen and oxygen atoms in total. The minimum atomic E-state index is -0.977. The predicted octanol–water partition coefficient (Wildman–Crippen LogP) is -0.395. The smallest absolute Gasteiger partial charge is 0.303 e. The van der Waals surface area contributed by atoms with Crippen molar-refractivity contribution in [2.75, 3.05) is 26.8 Å². The van der Waals surface area contributed by atoms with Crippen molar-refractivity contribution in [2.45, 2.75) is 31.7 Å². The maximum absolute atomic E-state index is 11.6. The van der Waals surface area contributed by atoms with Crippen LogP contribution in [-0.4, -0.2) is 60.6 Å². The van der Waals surface area contributed by atoms with Crippen LogP contribution in [0.2, 0.25) is 0 Å². The van der Waals surface area contributed by atoms with Gasteiger partial charge in [-0.1, -0.05) is 0 Å². The number of nitrogens with one attached hydrogen (secondary N) is 1. The van der Waals surface area contributed by atoms with Gasteiger partial charge >= 0.3 is 5.97 Å². The van der Waals surface area contributed by atoms with Gasteiger partial charge in [0.05, 0.1) is 6.42 Å². The van der Waals surface area contributed by atoms with E-state index in [0.29, 0.717) is 25.9 Å². The average Bonchev–Trinajstić information content (AvgIpc) is 2.37. The van der Waals surface area contributed by atoms with Crippen molar-refractivity contribution in [1.29, 1.82) is 0 Å². The summed E-state index contributed by atoms with van der Waals surface area (Å²) in [5.74, 6) is -1.27. The summed E-state index contributed by atoms with van der Waals surface area (Å²) in [6.07, 6.45) is 1.22. The Morgan fingerprint density at radius 2 is 1.89 bits per heavy atom. The number of hydrogen-bond acceptors (Lipinski definition) is 4. The first-order valence-electron chi connectivity index (χ1n) is 6.30. The van der Waals surface area contributed by atoms with E-state index < -0.39 is 5.97 Å². The normalized spacial score (nSPS) is 16.2. The van der Waals surface area contributed by atoms with Gasteiger partial charge < -0.3 is 20.1 Å². The van der Waals surface area contributed by atoms with Crippen LogP contribution in [0.25, 0.3) is 0 Å². The van der Waals surface area contributed by atoms with Crippen molar-refractivity contribution in [3.63, 3.8) is 0 Å². The monoisotopic (exact) mass is 272 g/mol. The Kier molecular flexibility index (Phi) is 6.27. The molecule has 0 unspecified atom stereocenters. The number of methoxy groups -OCH3 is 1. The topological polar surface area (TPSA) is 95.9 Å². The van der Waals surface area contributed by atoms with Crippen LogP contribution in [0.5, 0.6) is 0 Å². The number of carbonyl (C=O) groups is 3. The Hall–Kier alpha value is -1.63. The van der Waals surface area contributed by atoms with E-state index in [4.69, 9.17) is 9.84 Å². The molecule has 0 radical (unpaired) electrons. The lowest BCUT2D eigenvalue weighted by atomic mass is 10.0. The third-order valence-electron chi connectivity index (χ3n) is 3.05. The molecule has 2 N–H and O–H groups in total. The predicted molar refractivity (Wildman–Crippen MR) is 66.5 cm³/mol. The van der Waals surface area contributed by atoms with Gasteiger partial charge in [0.2, 0.25) is 11.8 Å². The Bertz CT molecular complexity index is 337. The lowest BCUT2D eigenvalue weighted by molar-refractivity contribution is -0.139. The number of carboxylic acid groups (broad SMARTS) is 1. The molecule has 7 heteroatoms. The minimum Gasteiger partial charge on any atom is -0.481 e. The molecule has 0 saturated carbocycles. The molecule has 2 amide bonds. The molecule has 1 fully saturated rings. The fraction of sp³-hybridized carbons (Fsp3) is 0.750. The molecule has 0 spiro atoms. The summed E-state index contributed by atoms with van der Waals surface area (Å²) in [5, 5.41) is 11.3. The van der Waals surface area contributed by atoms with Crippen LogP contribution >= 0.6 is 0 Å². The fourth-order valence-corrected chi connectivity index (χ4v) is 2.01. The molecule has 0 aromatic heterocycles. The number of ether oxygens (including phenoxy) is 1. The first-order chi connectivity index (χ1) is 9.02. The number of piperidine rings is 1. The number of carbonyl (C=O) groups excluding carboxylic acids is 2. The van der Waals surface area contributed by atoms with E-state index in [1.54, 1.807) is 4.90 Å². The van der Waals surface area contributed by atoms with Gasteiger partial charge in [-0.2, -0.15) is 0 Å². The molecule has 0 aromatic carbocycles. The van der Waals surface area contributed by atoms with Gasteiger partial charge in [0, 0.05) is 32.7 Å². The standard InChI is InChI=1S/C12H20N2O5/c1-19-8-11(16)14-6-4-9(5-7-14)13-10(15)2-3-12(17)18/h9H,2-8H2,1H3,(H,13,15)(H,17,18). The van der Waals surface area contributed by atoms with Gasteiger partial charge in [-0.3, -0.25) is 14.4 Å². The fourth-order valence-electron chi connectivity index (χ4n) is 2.01. The summed E-state index contributed by atoms with van der Waals surface area (Å²) >= 11 is 0. The Morgan fingerprint density at radius 3 is 2.42 bits per heavy atom. The van der Waals surface area contributed by atoms with E-state index in [1.165, 1.54) is 7.11 Å². The average molecular weight is 272 g/mol. The van der Waals surface area contributed by atoms with E-state index in [2.05, 4.69) is 5.32 Å². The van der Waals surface area contributed by atoms with Crippen molar-refractivity contribution in [1.82, 2.24) is 10.2 Å². The Morgan fingerprint density at radius 1 is 1.26 bits per heavy atom. The third kappa shape index (κ3) is 5.69. The maximum Gasteiger partial charge on any atom is 0.303 e. The van der Waals surface area contributed by atoms with Crippen LogP contribution in [0.3, 0.4) is 0 Å². The van der Waals surface area contributed by atoms with Crippen molar-refractivity contribution in [2.24, 2.45) is 0 Å². The van der Waals surface area contributed by atoms with E-state index in [0.717, 1.165) is 0 Å². The highest BCUT2D eigenvalue weighted by molar-refractivity contribution is 5.81. The highest BCUT2D eigenvalue weighted by atomic mass is 16.5. The van der Waals surface area contributed by atoms with Gasteiger partial charge in [-0.05, 0) is 12.8 Å². The van der Waals surface area contributed by atoms with E-state index >= 15 is 0 Å². The number of carboxylic acids is 1. The minimum absolute atomic E-state index is 0.00183. The second kappa shape index (κ2) is 7.73. The number of aliphatic carboxylic acids is 1. The van der Waals surface area contributed by atoms with Gasteiger partial charge in [0.1, 0.15) is 6.61 Å². The first kappa shape index (κ1) is 15.4. The quantitative estimate of drug-likeness (QED) is 0.686. The van der Waals surface area contributed by atoms with Crippen molar-refractivity contribution in [3.05, 3.63) is 0 Å². The zero-order valence-corrected chi connectivity index (χ0v) is 11.1. The number of amides is 2. The molecule has 0 atom stereocenters. The summed E-state index contributed by atoms with van der Waals surface area (Å²) in [4.78, 5) is 35.1. The second-order valence-electron chi connectivity index (χ2n) is 4.55. The highest BCUT2D eigenvalue weighted by Crippen LogP contribution is 2.11. The van der Waals surface area contributed by atoms with Crippen LogP contribution in [-0.2, 0) is 19.1 Å². The number of rotatable bonds is 6. The van der Waals surface area contributed by atoms with Crippen LogP contribution in [0.15, 0.2) is 0 Å². The van der Waals surface area contributed by atoms with Crippen LogP contribution in [0, 0.1) is 0 Å². The summed E-state index contributed by atoms with van der Waals surface area (Å²) in [7, 11) is 1.48. The molecular formula is C12H20N2O5. The zero-order valence-electron chi connectivity index (χ0n) is 11.1. The second-order valence-corrected chi connectivity index (χ2v) is 4.55. The summed E-state index contributed by atoms with van der Waals surface area (Å²) < 4.78 is 4.79. The Balaban J connectivity index is 2.24. The molecular weight excluding hydrogens is 252 g/mol. The molecule has 1 heterocycles. The van der Waals surface area contributed by atoms with E-state index in [-0.39, 0.29) is 37.3 Å². The van der Waals surface area contributed by atoms with Crippen LogP contribution < -0.4 is 5.32 Å². The van der Waals surface area contributed by atoms with E-state index in [9.17, 15) is 14.4 Å². The van der Waals surface area contributed by atoms with Gasteiger partial charge in [0.15, 0.2) is 0 Å². The molecule has 1 aliphatic heterocycles. The summed E-state index contributed by atoms with van der Waals surface area (Å²) in [6, 6.07) is 0.0212. The van der Waals surface area contributed by atoms with Gasteiger partial charge in [-0.25, -0.2) is 0 Å². The van der Waals surface area contributed by atoms with Crippen molar-refractivity contribution < 1.29 is 24.2 Å². The van der Waals surface area contributed by atoms with Crippen LogP contribution in [0.1, 0.15) is 25.7 Å². The number of hydrogen-bond donors (Lipinski definition) is 2. The SMILES string of the molecule is COCC(=O)N1CCC(NC(=O)CCC(=O)O)CC1. The largest absolute Gasteiger partial charge is 0.481 e. The maximum atomic E-state index is 11.6. The molecule has 1 rings (SSSR count). The molecule has 0 aliphatic carbocycles. The van der Waals surface area contributed by atoms with Crippen molar-refractivity contribution in [3.8, 4) is 0 Å².